The molecular formula is C24H25N5O3. The number of aryl methyl sites for hydroxylation is 2. The fourth-order valence-electron chi connectivity index (χ4n) is 4.22. The van der Waals surface area contributed by atoms with Crippen LogP contribution in [0.25, 0.3) is 22.2 Å². The highest BCUT2D eigenvalue weighted by Crippen LogP contribution is 2.33. The molecule has 0 unspecified atom stereocenters. The SMILES string of the molecule is Cc1cc(-c2ccc(C(=O)Nc3cc4cn(C)nc4cc3N3CCC[C@@H](O)C3)o2)ccn1. The number of β-amino-alcohol motifs (C(OH)–C–C–N with tert-alkyl or cyclic N) is 1. The predicted octanol–water partition coefficient (Wildman–Crippen LogP) is 3.75. The van der Waals surface area contributed by atoms with E-state index < -0.39 is 0 Å². The highest BCUT2D eigenvalue weighted by Gasteiger charge is 2.23. The third kappa shape index (κ3) is 3.97. The summed E-state index contributed by atoms with van der Waals surface area (Å²) in [7, 11) is 1.87. The van der Waals surface area contributed by atoms with Gasteiger partial charge in [0.1, 0.15) is 5.76 Å². The molecular weight excluding hydrogens is 406 g/mol. The third-order valence-electron chi connectivity index (χ3n) is 5.73. The summed E-state index contributed by atoms with van der Waals surface area (Å²) < 4.78 is 7.59. The number of nitrogens with zero attached hydrogens (tertiary/aromatic N) is 4. The first-order chi connectivity index (χ1) is 15.5. The summed E-state index contributed by atoms with van der Waals surface area (Å²) in [5.41, 5.74) is 4.11. The number of amides is 1. The Kier molecular flexibility index (Phi) is 5.14. The highest BCUT2D eigenvalue weighted by atomic mass is 16.3. The lowest BCUT2D eigenvalue weighted by molar-refractivity contribution is 0.0997. The molecule has 1 atom stereocenters. The van der Waals surface area contributed by atoms with E-state index >= 15 is 0 Å². The normalized spacial score (nSPS) is 16.5. The van der Waals surface area contributed by atoms with Gasteiger partial charge >= 0.3 is 0 Å². The van der Waals surface area contributed by atoms with Crippen LogP contribution < -0.4 is 10.2 Å². The van der Waals surface area contributed by atoms with Gasteiger partial charge in [0.25, 0.3) is 5.91 Å². The fraction of sp³-hybridized carbons (Fsp3) is 0.292. The number of carbonyl (C=O) groups excluding carboxylic acids is 1. The summed E-state index contributed by atoms with van der Waals surface area (Å²) in [6.07, 6.45) is 4.92. The Morgan fingerprint density at radius 2 is 2.12 bits per heavy atom. The van der Waals surface area contributed by atoms with E-state index in [4.69, 9.17) is 4.42 Å². The molecule has 164 valence electrons. The van der Waals surface area contributed by atoms with Crippen LogP contribution in [0.5, 0.6) is 0 Å². The minimum atomic E-state index is -0.386. The zero-order valence-electron chi connectivity index (χ0n) is 18.1. The number of nitrogens with one attached hydrogen (secondary N) is 1. The minimum Gasteiger partial charge on any atom is -0.451 e. The maximum atomic E-state index is 13.1. The van der Waals surface area contributed by atoms with Crippen LogP contribution in [0.3, 0.4) is 0 Å². The first kappa shape index (κ1) is 20.3. The number of aliphatic hydroxyl groups excluding tert-OH is 1. The van der Waals surface area contributed by atoms with Crippen molar-refractivity contribution < 1.29 is 14.3 Å². The Bertz CT molecular complexity index is 1290. The summed E-state index contributed by atoms with van der Waals surface area (Å²) in [5, 5.41) is 18.6. The molecule has 1 saturated heterocycles. The Labute approximate surface area is 185 Å². The van der Waals surface area contributed by atoms with Crippen molar-refractivity contribution in [3.8, 4) is 11.3 Å². The van der Waals surface area contributed by atoms with E-state index in [0.29, 0.717) is 18.0 Å². The third-order valence-corrected chi connectivity index (χ3v) is 5.73. The van der Waals surface area contributed by atoms with Crippen LogP contribution in [0, 0.1) is 6.92 Å². The summed E-state index contributed by atoms with van der Waals surface area (Å²) in [5.74, 6) is 0.511. The molecule has 5 rings (SSSR count). The average molecular weight is 431 g/mol. The number of benzene rings is 1. The average Bonchev–Trinajstić information content (AvgIpc) is 3.39. The number of aromatic nitrogens is 3. The monoisotopic (exact) mass is 431 g/mol. The first-order valence-corrected chi connectivity index (χ1v) is 10.7. The van der Waals surface area contributed by atoms with Crippen LogP contribution in [-0.2, 0) is 7.05 Å². The number of carbonyl (C=O) groups is 1. The van der Waals surface area contributed by atoms with Crippen LogP contribution >= 0.6 is 0 Å². The lowest BCUT2D eigenvalue weighted by Crippen LogP contribution is -2.38. The zero-order chi connectivity index (χ0) is 22.2. The molecule has 0 bridgehead atoms. The fourth-order valence-corrected chi connectivity index (χ4v) is 4.22. The Hall–Kier alpha value is -3.65. The molecule has 8 nitrogen and oxygen atoms in total. The molecule has 32 heavy (non-hydrogen) atoms. The Balaban J connectivity index is 1.46. The molecule has 1 aromatic carbocycles. The highest BCUT2D eigenvalue weighted by molar-refractivity contribution is 6.06. The van der Waals surface area contributed by atoms with E-state index in [0.717, 1.165) is 47.2 Å². The number of furan rings is 1. The van der Waals surface area contributed by atoms with Gasteiger partial charge in [-0.1, -0.05) is 0 Å². The Morgan fingerprint density at radius 1 is 1.25 bits per heavy atom. The second-order valence-electron chi connectivity index (χ2n) is 8.28. The van der Waals surface area contributed by atoms with E-state index in [9.17, 15) is 9.90 Å². The quantitative estimate of drug-likeness (QED) is 0.511. The smallest absolute Gasteiger partial charge is 0.291 e. The topological polar surface area (TPSA) is 96.4 Å². The zero-order valence-corrected chi connectivity index (χ0v) is 18.1. The van der Waals surface area contributed by atoms with Gasteiger partial charge in [0, 0.05) is 49.2 Å². The van der Waals surface area contributed by atoms with Crippen LogP contribution in [0.1, 0.15) is 29.1 Å². The van der Waals surface area contributed by atoms with Crippen LogP contribution in [-0.4, -0.2) is 45.0 Å². The largest absolute Gasteiger partial charge is 0.451 e. The number of hydrogen-bond acceptors (Lipinski definition) is 6. The van der Waals surface area contributed by atoms with Crippen molar-refractivity contribution in [2.75, 3.05) is 23.3 Å². The number of piperidine rings is 1. The number of hydrogen-bond donors (Lipinski definition) is 2. The standard InChI is InChI=1S/C24H25N5O3/c1-15-10-16(7-8-25-15)22-5-6-23(32-22)24(31)26-20-11-17-13-28(2)27-19(17)12-21(20)29-9-3-4-18(30)14-29/h5-8,10-13,18,30H,3-4,9,14H2,1-2H3,(H,26,31)/t18-/m1/s1. The van der Waals surface area contributed by atoms with E-state index in [2.05, 4.69) is 20.3 Å². The van der Waals surface area contributed by atoms with E-state index in [1.165, 1.54) is 0 Å². The number of aliphatic hydroxyl groups is 1. The van der Waals surface area contributed by atoms with Crippen molar-refractivity contribution in [2.45, 2.75) is 25.9 Å². The molecule has 8 heteroatoms. The number of anilines is 2. The van der Waals surface area contributed by atoms with Crippen LogP contribution in [0.4, 0.5) is 11.4 Å². The summed E-state index contributed by atoms with van der Waals surface area (Å²) >= 11 is 0. The van der Waals surface area contributed by atoms with Gasteiger partial charge < -0.3 is 19.7 Å². The van der Waals surface area contributed by atoms with Gasteiger partial charge in [-0.3, -0.25) is 14.5 Å². The Morgan fingerprint density at radius 3 is 2.94 bits per heavy atom. The van der Waals surface area contributed by atoms with Crippen molar-refractivity contribution in [1.29, 1.82) is 0 Å². The van der Waals surface area contributed by atoms with E-state index in [1.54, 1.807) is 23.0 Å². The summed E-state index contributed by atoms with van der Waals surface area (Å²) in [6.45, 7) is 3.24. The van der Waals surface area contributed by atoms with Crippen LogP contribution in [0.2, 0.25) is 0 Å². The molecule has 0 saturated carbocycles. The molecule has 1 fully saturated rings. The molecule has 0 aliphatic carbocycles. The van der Waals surface area contributed by atoms with E-state index in [1.807, 2.05) is 44.4 Å². The van der Waals surface area contributed by atoms with Gasteiger partial charge in [-0.15, -0.1) is 0 Å². The van der Waals surface area contributed by atoms with Crippen molar-refractivity contribution in [3.63, 3.8) is 0 Å². The van der Waals surface area contributed by atoms with Gasteiger partial charge in [-0.25, -0.2) is 0 Å². The molecule has 1 aliphatic heterocycles. The summed E-state index contributed by atoms with van der Waals surface area (Å²) in [4.78, 5) is 19.4. The van der Waals surface area contributed by atoms with Gasteiger partial charge in [-0.05, 0) is 56.2 Å². The minimum absolute atomic E-state index is 0.227. The predicted molar refractivity (Wildman–Crippen MR) is 123 cm³/mol. The lowest BCUT2D eigenvalue weighted by Gasteiger charge is -2.33. The second kappa shape index (κ2) is 8.12. The van der Waals surface area contributed by atoms with Crippen molar-refractivity contribution in [1.82, 2.24) is 14.8 Å². The molecule has 4 aromatic rings. The molecule has 2 N–H and O–H groups in total. The van der Waals surface area contributed by atoms with Gasteiger partial charge in [-0.2, -0.15) is 5.10 Å². The first-order valence-electron chi connectivity index (χ1n) is 10.7. The van der Waals surface area contributed by atoms with Crippen molar-refractivity contribution in [2.24, 2.45) is 7.05 Å². The van der Waals surface area contributed by atoms with Crippen molar-refractivity contribution in [3.05, 3.63) is 60.2 Å². The molecule has 0 radical (unpaired) electrons. The molecule has 0 spiro atoms. The summed E-state index contributed by atoms with van der Waals surface area (Å²) in [6, 6.07) is 11.1. The molecule has 4 heterocycles. The van der Waals surface area contributed by atoms with Gasteiger partial charge in [0.05, 0.1) is 23.0 Å². The van der Waals surface area contributed by atoms with Crippen molar-refractivity contribution >= 4 is 28.2 Å². The lowest BCUT2D eigenvalue weighted by atomic mass is 10.1. The maximum Gasteiger partial charge on any atom is 0.291 e. The van der Waals surface area contributed by atoms with Gasteiger partial charge in [0.2, 0.25) is 0 Å². The molecule has 3 aromatic heterocycles. The van der Waals surface area contributed by atoms with Gasteiger partial charge in [0.15, 0.2) is 5.76 Å². The number of pyridine rings is 1. The number of fused-ring (bicyclic) bond motifs is 1. The molecule has 1 aliphatic rings. The number of rotatable bonds is 4. The van der Waals surface area contributed by atoms with E-state index in [-0.39, 0.29) is 17.8 Å². The molecule has 1 amide bonds. The maximum absolute atomic E-state index is 13.1. The van der Waals surface area contributed by atoms with Crippen LogP contribution in [0.15, 0.2) is 53.2 Å². The second-order valence-corrected chi connectivity index (χ2v) is 8.28.